The number of aromatic nitrogens is 2. The van der Waals surface area contributed by atoms with Gasteiger partial charge in [-0.25, -0.2) is 4.98 Å². The molecule has 5 heteroatoms. The molecule has 1 fully saturated rings. The summed E-state index contributed by atoms with van der Waals surface area (Å²) in [5.41, 5.74) is 8.60. The van der Waals surface area contributed by atoms with Gasteiger partial charge in [0.15, 0.2) is 0 Å². The molecule has 0 atom stereocenters. The highest BCUT2D eigenvalue weighted by atomic mass is 15.3. The highest BCUT2D eigenvalue weighted by Crippen LogP contribution is 2.24. The first kappa shape index (κ1) is 13.2. The Morgan fingerprint density at radius 2 is 2.10 bits per heavy atom. The number of hydrogen-bond donors (Lipinski definition) is 2. The van der Waals surface area contributed by atoms with E-state index in [1.165, 1.54) is 19.4 Å². The molecule has 0 spiro atoms. The van der Waals surface area contributed by atoms with Crippen molar-refractivity contribution in [1.82, 2.24) is 14.9 Å². The molecule has 0 unspecified atom stereocenters. The molecule has 0 aliphatic carbocycles. The highest BCUT2D eigenvalue weighted by Gasteiger charge is 2.21. The van der Waals surface area contributed by atoms with E-state index in [1.807, 2.05) is 18.2 Å². The molecule has 2 aromatic rings. The van der Waals surface area contributed by atoms with Crippen molar-refractivity contribution >= 4 is 22.7 Å². The van der Waals surface area contributed by atoms with Crippen molar-refractivity contribution in [2.24, 2.45) is 5.92 Å². The second kappa shape index (κ2) is 5.32. The first-order valence-electron chi connectivity index (χ1n) is 7.27. The zero-order chi connectivity index (χ0) is 14.1. The van der Waals surface area contributed by atoms with Crippen molar-refractivity contribution in [3.05, 3.63) is 18.2 Å². The van der Waals surface area contributed by atoms with Gasteiger partial charge in [0, 0.05) is 25.3 Å². The van der Waals surface area contributed by atoms with Crippen molar-refractivity contribution in [2.45, 2.75) is 12.8 Å². The third-order valence-corrected chi connectivity index (χ3v) is 4.03. The quantitative estimate of drug-likeness (QED) is 0.839. The second-order valence-electron chi connectivity index (χ2n) is 6.03. The zero-order valence-electron chi connectivity index (χ0n) is 12.3. The summed E-state index contributed by atoms with van der Waals surface area (Å²) in [6.07, 6.45) is 2.47. The maximum absolute atomic E-state index is 5.81. The number of aromatic amines is 1. The number of fused-ring (bicyclic) bond motifs is 1. The average molecular weight is 273 g/mol. The molecule has 3 N–H and O–H groups in total. The van der Waals surface area contributed by atoms with Crippen LogP contribution >= 0.6 is 0 Å². The van der Waals surface area contributed by atoms with Gasteiger partial charge in [-0.2, -0.15) is 0 Å². The van der Waals surface area contributed by atoms with Crippen LogP contribution in [0.3, 0.4) is 0 Å². The van der Waals surface area contributed by atoms with Gasteiger partial charge < -0.3 is 20.5 Å². The number of H-pyrrole nitrogens is 1. The average Bonchev–Trinajstić information content (AvgIpc) is 2.81. The Morgan fingerprint density at radius 1 is 1.35 bits per heavy atom. The monoisotopic (exact) mass is 273 g/mol. The van der Waals surface area contributed by atoms with Gasteiger partial charge in [-0.3, -0.25) is 0 Å². The smallest absolute Gasteiger partial charge is 0.203 e. The fraction of sp³-hybridized carbons (Fsp3) is 0.533. The van der Waals surface area contributed by atoms with Crippen LogP contribution in [0.4, 0.5) is 11.6 Å². The van der Waals surface area contributed by atoms with Crippen LogP contribution in [0.2, 0.25) is 0 Å². The fourth-order valence-electron chi connectivity index (χ4n) is 3.01. The summed E-state index contributed by atoms with van der Waals surface area (Å²) in [5.74, 6) is 1.79. The Hall–Kier alpha value is -1.75. The summed E-state index contributed by atoms with van der Waals surface area (Å²) in [5, 5.41) is 0. The lowest BCUT2D eigenvalue weighted by Gasteiger charge is -2.32. The van der Waals surface area contributed by atoms with Crippen molar-refractivity contribution in [1.29, 1.82) is 0 Å². The lowest BCUT2D eigenvalue weighted by atomic mass is 9.97. The SMILES string of the molecule is CN(C)CC1CCN(c2nc3ccc(N)cc3[nH]2)CC1. The number of benzene rings is 1. The topological polar surface area (TPSA) is 61.2 Å². The Balaban J connectivity index is 1.70. The predicted octanol–water partition coefficient (Wildman–Crippen LogP) is 1.92. The van der Waals surface area contributed by atoms with E-state index in [0.717, 1.165) is 41.7 Å². The maximum Gasteiger partial charge on any atom is 0.203 e. The zero-order valence-corrected chi connectivity index (χ0v) is 12.3. The van der Waals surface area contributed by atoms with E-state index in [-0.39, 0.29) is 0 Å². The lowest BCUT2D eigenvalue weighted by molar-refractivity contribution is 0.284. The molecule has 20 heavy (non-hydrogen) atoms. The lowest BCUT2D eigenvalue weighted by Crippen LogP contribution is -2.37. The summed E-state index contributed by atoms with van der Waals surface area (Å²) in [6.45, 7) is 3.34. The van der Waals surface area contributed by atoms with Gasteiger partial charge in [0.05, 0.1) is 11.0 Å². The molecular weight excluding hydrogens is 250 g/mol. The highest BCUT2D eigenvalue weighted by molar-refractivity contribution is 5.80. The number of imidazole rings is 1. The maximum atomic E-state index is 5.81. The molecule has 0 radical (unpaired) electrons. The van der Waals surface area contributed by atoms with Gasteiger partial charge in [-0.05, 0) is 51.1 Å². The van der Waals surface area contributed by atoms with E-state index in [2.05, 4.69) is 33.9 Å². The molecule has 1 aromatic heterocycles. The predicted molar refractivity (Wildman–Crippen MR) is 84.0 cm³/mol. The Bertz CT molecular complexity index is 581. The van der Waals surface area contributed by atoms with E-state index in [9.17, 15) is 0 Å². The summed E-state index contributed by atoms with van der Waals surface area (Å²) < 4.78 is 0. The van der Waals surface area contributed by atoms with E-state index in [4.69, 9.17) is 5.73 Å². The fourth-order valence-corrected chi connectivity index (χ4v) is 3.01. The van der Waals surface area contributed by atoms with Crippen LogP contribution in [0, 0.1) is 5.92 Å². The van der Waals surface area contributed by atoms with E-state index in [1.54, 1.807) is 0 Å². The third-order valence-electron chi connectivity index (χ3n) is 4.03. The summed E-state index contributed by atoms with van der Waals surface area (Å²) in [7, 11) is 4.30. The third kappa shape index (κ3) is 2.72. The van der Waals surface area contributed by atoms with Gasteiger partial charge in [-0.15, -0.1) is 0 Å². The van der Waals surface area contributed by atoms with E-state index >= 15 is 0 Å². The Labute approximate surface area is 119 Å². The van der Waals surface area contributed by atoms with Crippen LogP contribution in [0.5, 0.6) is 0 Å². The van der Waals surface area contributed by atoms with Crippen LogP contribution in [0.25, 0.3) is 11.0 Å². The molecule has 1 saturated heterocycles. The molecule has 2 heterocycles. The summed E-state index contributed by atoms with van der Waals surface area (Å²) in [6, 6.07) is 5.82. The van der Waals surface area contributed by atoms with Crippen molar-refractivity contribution in [3.63, 3.8) is 0 Å². The number of nitrogens with zero attached hydrogens (tertiary/aromatic N) is 3. The number of nitrogen functional groups attached to an aromatic ring is 1. The molecular formula is C15H23N5. The van der Waals surface area contributed by atoms with Crippen LogP contribution in [0.1, 0.15) is 12.8 Å². The van der Waals surface area contributed by atoms with Gasteiger partial charge >= 0.3 is 0 Å². The first-order valence-corrected chi connectivity index (χ1v) is 7.27. The molecule has 0 saturated carbocycles. The number of rotatable bonds is 3. The summed E-state index contributed by atoms with van der Waals surface area (Å²) >= 11 is 0. The van der Waals surface area contributed by atoms with Gasteiger partial charge in [0.1, 0.15) is 0 Å². The summed E-state index contributed by atoms with van der Waals surface area (Å²) in [4.78, 5) is 12.7. The van der Waals surface area contributed by atoms with Crippen molar-refractivity contribution in [3.8, 4) is 0 Å². The molecule has 1 aliphatic rings. The molecule has 0 bridgehead atoms. The van der Waals surface area contributed by atoms with Crippen LogP contribution in [0.15, 0.2) is 18.2 Å². The number of anilines is 2. The van der Waals surface area contributed by atoms with E-state index < -0.39 is 0 Å². The van der Waals surface area contributed by atoms with Crippen LogP contribution in [-0.2, 0) is 0 Å². The molecule has 1 aromatic carbocycles. The molecule has 1 aliphatic heterocycles. The minimum atomic E-state index is 0.775. The largest absolute Gasteiger partial charge is 0.399 e. The first-order chi connectivity index (χ1) is 9.61. The van der Waals surface area contributed by atoms with Crippen molar-refractivity contribution < 1.29 is 0 Å². The Morgan fingerprint density at radius 3 is 2.80 bits per heavy atom. The number of nitrogens with two attached hydrogens (primary N) is 1. The minimum Gasteiger partial charge on any atom is -0.399 e. The van der Waals surface area contributed by atoms with Crippen molar-refractivity contribution in [2.75, 3.05) is 44.4 Å². The van der Waals surface area contributed by atoms with Gasteiger partial charge in [0.25, 0.3) is 0 Å². The standard InChI is InChI=1S/C15H23N5/c1-19(2)10-11-5-7-20(8-6-11)15-17-13-4-3-12(16)9-14(13)18-15/h3-4,9,11H,5-8,10,16H2,1-2H3,(H,17,18). The normalized spacial score (nSPS) is 17.2. The minimum absolute atomic E-state index is 0.775. The molecule has 0 amide bonds. The molecule has 108 valence electrons. The number of hydrogen-bond acceptors (Lipinski definition) is 4. The van der Waals surface area contributed by atoms with Gasteiger partial charge in [0.2, 0.25) is 5.95 Å². The van der Waals surface area contributed by atoms with Gasteiger partial charge in [-0.1, -0.05) is 0 Å². The van der Waals surface area contributed by atoms with E-state index in [0.29, 0.717) is 0 Å². The van der Waals surface area contributed by atoms with Crippen LogP contribution < -0.4 is 10.6 Å². The molecule has 5 nitrogen and oxygen atoms in total. The Kier molecular flexibility index (Phi) is 3.53. The number of piperidine rings is 1. The number of nitrogens with one attached hydrogen (secondary N) is 1. The van der Waals surface area contributed by atoms with Crippen LogP contribution in [-0.4, -0.2) is 48.6 Å². The molecule has 3 rings (SSSR count). The second-order valence-corrected chi connectivity index (χ2v) is 6.03.